The minimum absolute atomic E-state index is 0.00670. The molecule has 1 saturated heterocycles. The van der Waals surface area contributed by atoms with Crippen molar-refractivity contribution in [2.45, 2.75) is 26.3 Å². The number of hydrogen-bond acceptors (Lipinski definition) is 6. The number of nitrogens with one attached hydrogen (secondary N) is 2. The quantitative estimate of drug-likeness (QED) is 0.724. The van der Waals surface area contributed by atoms with Crippen LogP contribution in [-0.2, 0) is 4.74 Å². The highest BCUT2D eigenvalue weighted by Crippen LogP contribution is 2.30. The maximum Gasteiger partial charge on any atom is 0.349 e. The summed E-state index contributed by atoms with van der Waals surface area (Å²) in [7, 11) is 1.35. The number of halogens is 2. The van der Waals surface area contributed by atoms with E-state index in [0.717, 1.165) is 24.6 Å². The zero-order chi connectivity index (χ0) is 19.7. The van der Waals surface area contributed by atoms with Crippen molar-refractivity contribution in [1.29, 1.82) is 0 Å². The Balaban J connectivity index is 1.63. The van der Waals surface area contributed by atoms with Gasteiger partial charge in [-0.2, -0.15) is 0 Å². The number of piperidine rings is 1. The monoisotopic (exact) mass is 430 g/mol. The van der Waals surface area contributed by atoms with Crippen LogP contribution in [0.25, 0.3) is 0 Å². The predicted octanol–water partition coefficient (Wildman–Crippen LogP) is 3.52. The SMILES string of the molecule is COC(=O)c1cnc(N2CC[C@@H](NC(=O)c3[nH]c(C)c(Cl)c3Cl)[C@@H](C)C2)s1. The van der Waals surface area contributed by atoms with Crippen molar-refractivity contribution in [2.24, 2.45) is 5.92 Å². The van der Waals surface area contributed by atoms with Crippen molar-refractivity contribution in [2.75, 3.05) is 25.1 Å². The first-order valence-electron chi connectivity index (χ1n) is 8.45. The number of ether oxygens (including phenoxy) is 1. The Kier molecular flexibility index (Phi) is 5.98. The second-order valence-corrected chi connectivity index (χ2v) is 8.31. The number of anilines is 1. The van der Waals surface area contributed by atoms with E-state index < -0.39 is 0 Å². The minimum atomic E-state index is -0.384. The lowest BCUT2D eigenvalue weighted by Gasteiger charge is -2.37. The molecule has 3 heterocycles. The summed E-state index contributed by atoms with van der Waals surface area (Å²) in [6.07, 6.45) is 2.29. The van der Waals surface area contributed by atoms with Gasteiger partial charge in [0, 0.05) is 24.8 Å². The molecule has 0 aliphatic carbocycles. The second kappa shape index (κ2) is 8.08. The smallest absolute Gasteiger partial charge is 0.349 e. The van der Waals surface area contributed by atoms with Gasteiger partial charge in [0.25, 0.3) is 5.91 Å². The van der Waals surface area contributed by atoms with Gasteiger partial charge in [0.05, 0.1) is 23.4 Å². The first-order valence-corrected chi connectivity index (χ1v) is 10.0. The highest BCUT2D eigenvalue weighted by atomic mass is 35.5. The summed E-state index contributed by atoms with van der Waals surface area (Å²) in [6, 6.07) is 0.00670. The molecule has 3 rings (SSSR count). The van der Waals surface area contributed by atoms with Crippen LogP contribution in [0, 0.1) is 12.8 Å². The van der Waals surface area contributed by atoms with Gasteiger partial charge in [-0.15, -0.1) is 0 Å². The Labute approximate surface area is 171 Å². The molecule has 27 heavy (non-hydrogen) atoms. The van der Waals surface area contributed by atoms with Gasteiger partial charge in [-0.25, -0.2) is 9.78 Å². The van der Waals surface area contributed by atoms with Gasteiger partial charge in [-0.3, -0.25) is 4.79 Å². The fraction of sp³-hybridized carbons (Fsp3) is 0.471. The lowest BCUT2D eigenvalue weighted by atomic mass is 9.94. The number of aromatic amines is 1. The summed E-state index contributed by atoms with van der Waals surface area (Å²) >= 11 is 13.5. The Morgan fingerprint density at radius 2 is 2.15 bits per heavy atom. The first-order chi connectivity index (χ1) is 12.8. The third-order valence-electron chi connectivity index (χ3n) is 4.65. The number of amides is 1. The van der Waals surface area contributed by atoms with E-state index in [2.05, 4.69) is 27.1 Å². The molecule has 0 unspecified atom stereocenters. The molecule has 0 spiro atoms. The minimum Gasteiger partial charge on any atom is -0.465 e. The predicted molar refractivity (Wildman–Crippen MR) is 106 cm³/mol. The number of thiazole rings is 1. The fourth-order valence-corrected chi connectivity index (χ4v) is 4.39. The van der Waals surface area contributed by atoms with Crippen LogP contribution in [0.5, 0.6) is 0 Å². The number of carbonyl (C=O) groups is 2. The summed E-state index contributed by atoms with van der Waals surface area (Å²) < 4.78 is 4.72. The third-order valence-corrected chi connectivity index (χ3v) is 6.64. The molecule has 2 aromatic heterocycles. The molecule has 146 valence electrons. The average molecular weight is 431 g/mol. The van der Waals surface area contributed by atoms with Crippen LogP contribution in [0.2, 0.25) is 10.0 Å². The zero-order valence-electron chi connectivity index (χ0n) is 15.1. The van der Waals surface area contributed by atoms with E-state index in [4.69, 9.17) is 27.9 Å². The number of aromatic nitrogens is 2. The standard InChI is InChI=1S/C17H20Cl2N4O3S/c1-8-7-23(17-20-6-11(27-17)16(25)26-3)5-4-10(8)22-15(24)14-13(19)12(18)9(2)21-14/h6,8,10,21H,4-5,7H2,1-3H3,(H,22,24)/t8-,10+/m0/s1. The van der Waals surface area contributed by atoms with E-state index in [-0.39, 0.29) is 34.6 Å². The zero-order valence-corrected chi connectivity index (χ0v) is 17.5. The normalized spacial score (nSPS) is 19.8. The van der Waals surface area contributed by atoms with Gasteiger partial charge in [-0.05, 0) is 19.3 Å². The van der Waals surface area contributed by atoms with Gasteiger partial charge in [0.1, 0.15) is 10.6 Å². The number of hydrogen-bond donors (Lipinski definition) is 2. The molecule has 0 bridgehead atoms. The van der Waals surface area contributed by atoms with Crippen molar-refractivity contribution < 1.29 is 14.3 Å². The maximum atomic E-state index is 12.5. The molecule has 1 aliphatic heterocycles. The molecular formula is C17H20Cl2N4O3S. The van der Waals surface area contributed by atoms with Crippen LogP contribution in [0.3, 0.4) is 0 Å². The van der Waals surface area contributed by atoms with Crippen molar-refractivity contribution in [3.63, 3.8) is 0 Å². The number of methoxy groups -OCH3 is 1. The van der Waals surface area contributed by atoms with Crippen molar-refractivity contribution in [1.82, 2.24) is 15.3 Å². The van der Waals surface area contributed by atoms with Gasteiger partial charge in [0.2, 0.25) is 0 Å². The number of esters is 1. The molecule has 2 aromatic rings. The molecule has 10 heteroatoms. The molecule has 0 radical (unpaired) electrons. The summed E-state index contributed by atoms with van der Waals surface area (Å²) in [5, 5.41) is 4.43. The molecule has 2 N–H and O–H groups in total. The summed E-state index contributed by atoms with van der Waals surface area (Å²) in [4.78, 5) is 34.0. The van der Waals surface area contributed by atoms with Crippen molar-refractivity contribution in [3.8, 4) is 0 Å². The van der Waals surface area contributed by atoms with E-state index in [1.807, 2.05) is 0 Å². The molecule has 1 amide bonds. The molecule has 0 aromatic carbocycles. The largest absolute Gasteiger partial charge is 0.465 e. The summed E-state index contributed by atoms with van der Waals surface area (Å²) in [5.41, 5.74) is 0.955. The molecule has 7 nitrogen and oxygen atoms in total. The Morgan fingerprint density at radius 1 is 1.41 bits per heavy atom. The molecule has 1 aliphatic rings. The van der Waals surface area contributed by atoms with Crippen LogP contribution >= 0.6 is 34.5 Å². The van der Waals surface area contributed by atoms with E-state index in [0.29, 0.717) is 15.6 Å². The number of rotatable bonds is 4. The van der Waals surface area contributed by atoms with Crippen LogP contribution in [0.1, 0.15) is 39.2 Å². The van der Waals surface area contributed by atoms with Gasteiger partial charge >= 0.3 is 5.97 Å². The number of carbonyl (C=O) groups excluding carboxylic acids is 2. The molecule has 0 saturated carbocycles. The maximum absolute atomic E-state index is 12.5. The highest BCUT2D eigenvalue weighted by molar-refractivity contribution is 7.17. The number of H-pyrrole nitrogens is 1. The van der Waals surface area contributed by atoms with E-state index in [9.17, 15) is 9.59 Å². The van der Waals surface area contributed by atoms with E-state index in [1.54, 1.807) is 6.92 Å². The number of aryl methyl sites for hydroxylation is 1. The van der Waals surface area contributed by atoms with Crippen LogP contribution in [0.4, 0.5) is 5.13 Å². The summed E-state index contributed by atoms with van der Waals surface area (Å²) in [6.45, 7) is 5.28. The Bertz CT molecular complexity index is 866. The van der Waals surface area contributed by atoms with Gasteiger partial charge < -0.3 is 19.9 Å². The first kappa shape index (κ1) is 20.0. The van der Waals surface area contributed by atoms with E-state index >= 15 is 0 Å². The third kappa shape index (κ3) is 4.07. The fourth-order valence-electron chi connectivity index (χ4n) is 3.11. The summed E-state index contributed by atoms with van der Waals surface area (Å²) in [5.74, 6) is -0.452. The lowest BCUT2D eigenvalue weighted by molar-refractivity contribution is 0.0606. The number of nitrogens with zero attached hydrogens (tertiary/aromatic N) is 2. The van der Waals surface area contributed by atoms with Crippen LogP contribution in [-0.4, -0.2) is 48.1 Å². The molecule has 1 fully saturated rings. The second-order valence-electron chi connectivity index (χ2n) is 6.54. The molecular weight excluding hydrogens is 411 g/mol. The van der Waals surface area contributed by atoms with Gasteiger partial charge in [-0.1, -0.05) is 41.5 Å². The van der Waals surface area contributed by atoms with Gasteiger partial charge in [0.15, 0.2) is 5.13 Å². The topological polar surface area (TPSA) is 87.3 Å². The molecule has 2 atom stereocenters. The van der Waals surface area contributed by atoms with Crippen molar-refractivity contribution >= 4 is 51.5 Å². The van der Waals surface area contributed by atoms with E-state index in [1.165, 1.54) is 24.6 Å². The Hall–Kier alpha value is -1.77. The van der Waals surface area contributed by atoms with Crippen LogP contribution in [0.15, 0.2) is 6.20 Å². The van der Waals surface area contributed by atoms with Crippen molar-refractivity contribution in [3.05, 3.63) is 32.5 Å². The lowest BCUT2D eigenvalue weighted by Crippen LogP contribution is -2.50. The average Bonchev–Trinajstić information content (AvgIpc) is 3.24. The van der Waals surface area contributed by atoms with Crippen LogP contribution < -0.4 is 10.2 Å². The highest BCUT2D eigenvalue weighted by Gasteiger charge is 2.30. The Morgan fingerprint density at radius 3 is 2.74 bits per heavy atom.